The first-order chi connectivity index (χ1) is 13.2. The van der Waals surface area contributed by atoms with Gasteiger partial charge in [-0.1, -0.05) is 23.7 Å². The SMILES string of the molecule is O=C(c1cnccn1)N1CCCC(c2nccnc2-c2cccc(Cl)c2)C1. The monoisotopic (exact) mass is 379 g/mol. The number of carbonyl (C=O) groups is 1. The second-order valence-electron chi connectivity index (χ2n) is 6.48. The lowest BCUT2D eigenvalue weighted by atomic mass is 9.91. The molecule has 0 bridgehead atoms. The molecule has 3 aromatic rings. The average Bonchev–Trinajstić information content (AvgIpc) is 2.74. The van der Waals surface area contributed by atoms with Gasteiger partial charge < -0.3 is 4.90 Å². The van der Waals surface area contributed by atoms with Gasteiger partial charge in [0.25, 0.3) is 5.91 Å². The summed E-state index contributed by atoms with van der Waals surface area (Å²) < 4.78 is 0. The number of amides is 1. The number of hydrogen-bond donors (Lipinski definition) is 0. The van der Waals surface area contributed by atoms with Crippen LogP contribution >= 0.6 is 11.6 Å². The van der Waals surface area contributed by atoms with Crippen LogP contribution in [0.15, 0.2) is 55.2 Å². The zero-order valence-corrected chi connectivity index (χ0v) is 15.4. The maximum atomic E-state index is 12.7. The van der Waals surface area contributed by atoms with Crippen LogP contribution in [0.25, 0.3) is 11.3 Å². The maximum Gasteiger partial charge on any atom is 0.274 e. The van der Waals surface area contributed by atoms with Gasteiger partial charge in [-0.05, 0) is 25.0 Å². The highest BCUT2D eigenvalue weighted by Gasteiger charge is 2.29. The van der Waals surface area contributed by atoms with Crippen LogP contribution < -0.4 is 0 Å². The Morgan fingerprint density at radius 1 is 1.11 bits per heavy atom. The van der Waals surface area contributed by atoms with Crippen molar-refractivity contribution < 1.29 is 4.79 Å². The van der Waals surface area contributed by atoms with Crippen LogP contribution in [0.2, 0.25) is 5.02 Å². The number of nitrogens with zero attached hydrogens (tertiary/aromatic N) is 5. The largest absolute Gasteiger partial charge is 0.337 e. The molecule has 3 heterocycles. The second kappa shape index (κ2) is 7.80. The van der Waals surface area contributed by atoms with E-state index in [0.717, 1.165) is 29.8 Å². The number of benzene rings is 1. The fourth-order valence-electron chi connectivity index (χ4n) is 3.46. The van der Waals surface area contributed by atoms with Crippen LogP contribution in [0.1, 0.15) is 34.9 Å². The molecule has 0 spiro atoms. The third-order valence-electron chi connectivity index (χ3n) is 4.70. The number of hydrogen-bond acceptors (Lipinski definition) is 5. The molecule has 1 aliphatic heterocycles. The van der Waals surface area contributed by atoms with Gasteiger partial charge in [-0.2, -0.15) is 0 Å². The van der Waals surface area contributed by atoms with Crippen molar-refractivity contribution in [1.82, 2.24) is 24.8 Å². The third-order valence-corrected chi connectivity index (χ3v) is 4.94. The first kappa shape index (κ1) is 17.5. The quantitative estimate of drug-likeness (QED) is 0.695. The summed E-state index contributed by atoms with van der Waals surface area (Å²) >= 11 is 6.15. The van der Waals surface area contributed by atoms with E-state index in [1.807, 2.05) is 29.2 Å². The van der Waals surface area contributed by atoms with Crippen LogP contribution in [-0.2, 0) is 0 Å². The third kappa shape index (κ3) is 3.80. The van der Waals surface area contributed by atoms with Gasteiger partial charge in [0.15, 0.2) is 0 Å². The average molecular weight is 380 g/mol. The summed E-state index contributed by atoms with van der Waals surface area (Å²) in [4.78, 5) is 31.8. The molecule has 0 radical (unpaired) electrons. The molecule has 0 saturated carbocycles. The topological polar surface area (TPSA) is 71.9 Å². The highest BCUT2D eigenvalue weighted by Crippen LogP contribution is 2.32. The van der Waals surface area contributed by atoms with Crippen molar-refractivity contribution in [2.75, 3.05) is 13.1 Å². The number of piperidine rings is 1. The molecule has 1 unspecified atom stereocenters. The van der Waals surface area contributed by atoms with Crippen molar-refractivity contribution in [3.63, 3.8) is 0 Å². The van der Waals surface area contributed by atoms with Crippen LogP contribution in [0.4, 0.5) is 0 Å². The Kier molecular flexibility index (Phi) is 5.07. The van der Waals surface area contributed by atoms with E-state index < -0.39 is 0 Å². The van der Waals surface area contributed by atoms with Crippen LogP contribution in [0, 0.1) is 0 Å². The number of likely N-dealkylation sites (tertiary alicyclic amines) is 1. The first-order valence-corrected chi connectivity index (χ1v) is 9.22. The molecular formula is C20H18ClN5O. The minimum absolute atomic E-state index is 0.0963. The molecule has 4 rings (SSSR count). The van der Waals surface area contributed by atoms with Gasteiger partial charge in [-0.3, -0.25) is 19.7 Å². The minimum Gasteiger partial charge on any atom is -0.337 e. The van der Waals surface area contributed by atoms with Crippen molar-refractivity contribution in [3.05, 3.63) is 71.7 Å². The maximum absolute atomic E-state index is 12.7. The normalized spacial score (nSPS) is 16.9. The molecule has 0 aliphatic carbocycles. The lowest BCUT2D eigenvalue weighted by Gasteiger charge is -2.32. The van der Waals surface area contributed by atoms with E-state index in [1.54, 1.807) is 18.6 Å². The Labute approximate surface area is 162 Å². The number of carbonyl (C=O) groups excluding carboxylic acids is 1. The fraction of sp³-hybridized carbons (Fsp3) is 0.250. The summed E-state index contributed by atoms with van der Waals surface area (Å²) in [6, 6.07) is 7.61. The molecule has 1 atom stereocenters. The van der Waals surface area contributed by atoms with Crippen LogP contribution in [-0.4, -0.2) is 43.8 Å². The van der Waals surface area contributed by atoms with Gasteiger partial charge in [-0.25, -0.2) is 4.98 Å². The van der Waals surface area contributed by atoms with E-state index in [0.29, 0.717) is 23.8 Å². The summed E-state index contributed by atoms with van der Waals surface area (Å²) in [5.74, 6) is 0.0167. The summed E-state index contributed by atoms with van der Waals surface area (Å²) in [6.45, 7) is 1.29. The zero-order valence-electron chi connectivity index (χ0n) is 14.6. The lowest BCUT2D eigenvalue weighted by molar-refractivity contribution is 0.0699. The summed E-state index contributed by atoms with van der Waals surface area (Å²) in [6.07, 6.45) is 9.85. The van der Waals surface area contributed by atoms with Gasteiger partial charge in [0.2, 0.25) is 0 Å². The zero-order chi connectivity index (χ0) is 18.6. The Bertz CT molecular complexity index is 950. The van der Waals surface area contributed by atoms with Crippen LogP contribution in [0.5, 0.6) is 0 Å². The number of aromatic nitrogens is 4. The molecule has 6 nitrogen and oxygen atoms in total. The molecule has 1 aliphatic rings. The Hall–Kier alpha value is -2.86. The summed E-state index contributed by atoms with van der Waals surface area (Å²) in [7, 11) is 0. The molecule has 0 N–H and O–H groups in total. The van der Waals surface area contributed by atoms with Crippen LogP contribution in [0.3, 0.4) is 0 Å². The van der Waals surface area contributed by atoms with E-state index >= 15 is 0 Å². The molecule has 1 amide bonds. The van der Waals surface area contributed by atoms with Gasteiger partial charge in [-0.15, -0.1) is 0 Å². The van der Waals surface area contributed by atoms with Gasteiger partial charge in [0.05, 0.1) is 17.6 Å². The smallest absolute Gasteiger partial charge is 0.274 e. The highest BCUT2D eigenvalue weighted by molar-refractivity contribution is 6.30. The van der Waals surface area contributed by atoms with Crippen molar-refractivity contribution in [2.45, 2.75) is 18.8 Å². The molecule has 136 valence electrons. The Morgan fingerprint density at radius 2 is 1.96 bits per heavy atom. The van der Waals surface area contributed by atoms with E-state index in [9.17, 15) is 4.79 Å². The van der Waals surface area contributed by atoms with E-state index in [-0.39, 0.29) is 11.8 Å². The molecule has 1 fully saturated rings. The summed E-state index contributed by atoms with van der Waals surface area (Å²) in [5, 5.41) is 0.659. The molecular weight excluding hydrogens is 362 g/mol. The van der Waals surface area contributed by atoms with E-state index in [4.69, 9.17) is 11.6 Å². The standard InChI is InChI=1S/C20H18ClN5O/c21-16-5-1-3-14(11-16)18-19(25-9-8-24-18)15-4-2-10-26(13-15)20(27)17-12-22-6-7-23-17/h1,3,5-9,11-12,15H,2,4,10,13H2. The lowest BCUT2D eigenvalue weighted by Crippen LogP contribution is -2.39. The van der Waals surface area contributed by atoms with Gasteiger partial charge in [0.1, 0.15) is 5.69 Å². The second-order valence-corrected chi connectivity index (χ2v) is 6.92. The fourth-order valence-corrected chi connectivity index (χ4v) is 3.65. The molecule has 27 heavy (non-hydrogen) atoms. The van der Waals surface area contributed by atoms with E-state index in [2.05, 4.69) is 19.9 Å². The Balaban J connectivity index is 1.62. The van der Waals surface area contributed by atoms with Crippen molar-refractivity contribution in [2.24, 2.45) is 0 Å². The number of rotatable bonds is 3. The molecule has 1 saturated heterocycles. The van der Waals surface area contributed by atoms with Gasteiger partial charge in [0, 0.05) is 54.4 Å². The van der Waals surface area contributed by atoms with Crippen molar-refractivity contribution in [3.8, 4) is 11.3 Å². The predicted molar refractivity (Wildman–Crippen MR) is 102 cm³/mol. The Morgan fingerprint density at radius 3 is 2.78 bits per heavy atom. The van der Waals surface area contributed by atoms with Crippen molar-refractivity contribution in [1.29, 1.82) is 0 Å². The molecule has 2 aromatic heterocycles. The predicted octanol–water partition coefficient (Wildman–Crippen LogP) is 3.61. The number of halogens is 1. The molecule has 1 aromatic carbocycles. The summed E-state index contributed by atoms with van der Waals surface area (Å²) in [5.41, 5.74) is 3.02. The van der Waals surface area contributed by atoms with Crippen molar-refractivity contribution >= 4 is 17.5 Å². The first-order valence-electron chi connectivity index (χ1n) is 8.84. The molecule has 7 heteroatoms. The minimum atomic E-state index is -0.0963. The highest BCUT2D eigenvalue weighted by atomic mass is 35.5. The van der Waals surface area contributed by atoms with E-state index in [1.165, 1.54) is 12.4 Å². The van der Waals surface area contributed by atoms with Gasteiger partial charge >= 0.3 is 0 Å².